The lowest BCUT2D eigenvalue weighted by molar-refractivity contribution is -0.138. The van der Waals surface area contributed by atoms with E-state index in [0.717, 1.165) is 0 Å². The molecule has 86 valence electrons. The third-order valence-corrected chi connectivity index (χ3v) is 2.10. The molecule has 2 N–H and O–H groups in total. The molecule has 1 amide bonds. The smallest absolute Gasteiger partial charge is 0.304 e. The highest BCUT2D eigenvalue weighted by Crippen LogP contribution is 2.04. The molecule has 0 saturated carbocycles. The van der Waals surface area contributed by atoms with Crippen molar-refractivity contribution in [3.8, 4) is 0 Å². The normalized spacial score (nSPS) is 12.2. The molecule has 1 atom stereocenters. The average molecular weight is 214 g/mol. The van der Waals surface area contributed by atoms with Crippen molar-refractivity contribution in [2.24, 2.45) is 0 Å². The van der Waals surface area contributed by atoms with E-state index in [1.54, 1.807) is 0 Å². The minimum Gasteiger partial charge on any atom is -0.481 e. The number of rotatable bonds is 7. The number of amides is 1. The monoisotopic (exact) mass is 214 g/mol. The van der Waals surface area contributed by atoms with Crippen LogP contribution in [0.25, 0.3) is 0 Å². The maximum absolute atomic E-state index is 10.8. The van der Waals surface area contributed by atoms with E-state index in [-0.39, 0.29) is 18.4 Å². The van der Waals surface area contributed by atoms with Gasteiger partial charge in [-0.1, -0.05) is 6.58 Å². The second-order valence-electron chi connectivity index (χ2n) is 3.50. The summed E-state index contributed by atoms with van der Waals surface area (Å²) >= 11 is 0. The van der Waals surface area contributed by atoms with Crippen molar-refractivity contribution in [2.75, 3.05) is 20.6 Å². The van der Waals surface area contributed by atoms with Gasteiger partial charge in [-0.2, -0.15) is 0 Å². The van der Waals surface area contributed by atoms with Crippen LogP contribution >= 0.6 is 0 Å². The summed E-state index contributed by atoms with van der Waals surface area (Å²) in [5, 5.41) is 11.3. The summed E-state index contributed by atoms with van der Waals surface area (Å²) in [4.78, 5) is 23.2. The van der Waals surface area contributed by atoms with Crippen molar-refractivity contribution < 1.29 is 14.7 Å². The summed E-state index contributed by atoms with van der Waals surface area (Å²) in [5.74, 6) is -1.06. The number of carbonyl (C=O) groups excluding carboxylic acids is 1. The molecule has 5 heteroatoms. The molecule has 1 unspecified atom stereocenters. The van der Waals surface area contributed by atoms with Crippen molar-refractivity contribution in [3.05, 3.63) is 12.7 Å². The Morgan fingerprint density at radius 2 is 2.13 bits per heavy atom. The van der Waals surface area contributed by atoms with E-state index in [2.05, 4.69) is 11.9 Å². The summed E-state index contributed by atoms with van der Waals surface area (Å²) < 4.78 is 0. The molecule has 0 aromatic rings. The first-order chi connectivity index (χ1) is 6.97. The minimum atomic E-state index is -0.830. The van der Waals surface area contributed by atoms with Gasteiger partial charge >= 0.3 is 5.97 Å². The van der Waals surface area contributed by atoms with Crippen LogP contribution in [0.5, 0.6) is 0 Å². The van der Waals surface area contributed by atoms with Crippen LogP contribution in [0, 0.1) is 0 Å². The first-order valence-electron chi connectivity index (χ1n) is 4.76. The molecular formula is C10H18N2O3. The molecule has 0 bridgehead atoms. The van der Waals surface area contributed by atoms with Crippen molar-refractivity contribution in [1.29, 1.82) is 0 Å². The highest BCUT2D eigenvalue weighted by atomic mass is 16.4. The zero-order valence-corrected chi connectivity index (χ0v) is 9.19. The van der Waals surface area contributed by atoms with Gasteiger partial charge in [0.05, 0.1) is 6.42 Å². The van der Waals surface area contributed by atoms with Crippen LogP contribution in [0.1, 0.15) is 12.8 Å². The number of nitrogens with zero attached hydrogens (tertiary/aromatic N) is 1. The van der Waals surface area contributed by atoms with E-state index >= 15 is 0 Å². The Morgan fingerprint density at radius 3 is 2.53 bits per heavy atom. The fraction of sp³-hybridized carbons (Fsp3) is 0.600. The van der Waals surface area contributed by atoms with Gasteiger partial charge in [0.2, 0.25) is 5.91 Å². The summed E-state index contributed by atoms with van der Waals surface area (Å²) in [6.45, 7) is 3.78. The molecule has 0 radical (unpaired) electrons. The van der Waals surface area contributed by atoms with Crippen LogP contribution in [-0.2, 0) is 9.59 Å². The molecule has 15 heavy (non-hydrogen) atoms. The molecule has 0 spiro atoms. The quantitative estimate of drug-likeness (QED) is 0.589. The molecule has 0 fully saturated rings. The van der Waals surface area contributed by atoms with Crippen LogP contribution in [0.4, 0.5) is 0 Å². The summed E-state index contributed by atoms with van der Waals surface area (Å²) in [5.41, 5.74) is 0. The Morgan fingerprint density at radius 1 is 1.53 bits per heavy atom. The van der Waals surface area contributed by atoms with Gasteiger partial charge in [-0.05, 0) is 26.6 Å². The third kappa shape index (κ3) is 6.68. The number of carboxylic acid groups (broad SMARTS) is 1. The van der Waals surface area contributed by atoms with E-state index in [0.29, 0.717) is 13.0 Å². The SMILES string of the molecule is C=CC(=O)NCCC(CC(=O)O)N(C)C. The predicted molar refractivity (Wildman–Crippen MR) is 57.6 cm³/mol. The van der Waals surface area contributed by atoms with Gasteiger partial charge in [0.15, 0.2) is 0 Å². The summed E-state index contributed by atoms with van der Waals surface area (Å²) in [6.07, 6.45) is 1.89. The largest absolute Gasteiger partial charge is 0.481 e. The number of aliphatic carboxylic acids is 1. The van der Waals surface area contributed by atoms with Crippen LogP contribution in [-0.4, -0.2) is 48.6 Å². The zero-order chi connectivity index (χ0) is 11.8. The number of hydrogen-bond donors (Lipinski definition) is 2. The van der Waals surface area contributed by atoms with Crippen molar-refractivity contribution in [2.45, 2.75) is 18.9 Å². The standard InChI is InChI=1S/C10H18N2O3/c1-4-9(13)11-6-5-8(12(2)3)7-10(14)15/h4,8H,1,5-7H2,2-3H3,(H,11,13)(H,14,15). The average Bonchev–Trinajstić information content (AvgIpc) is 2.15. The second-order valence-corrected chi connectivity index (χ2v) is 3.50. The van der Waals surface area contributed by atoms with Gasteiger partial charge in [-0.3, -0.25) is 9.59 Å². The number of hydrogen-bond acceptors (Lipinski definition) is 3. The Hall–Kier alpha value is -1.36. The van der Waals surface area contributed by atoms with E-state index < -0.39 is 5.97 Å². The number of nitrogens with one attached hydrogen (secondary N) is 1. The molecule has 0 aromatic carbocycles. The van der Waals surface area contributed by atoms with Gasteiger partial charge < -0.3 is 15.3 Å². The Labute approximate surface area is 89.8 Å². The Bertz CT molecular complexity index is 239. The van der Waals surface area contributed by atoms with Crippen LogP contribution in [0.2, 0.25) is 0 Å². The highest BCUT2D eigenvalue weighted by molar-refractivity contribution is 5.86. The molecule has 0 rings (SSSR count). The molecule has 0 aliphatic carbocycles. The molecule has 0 saturated heterocycles. The zero-order valence-electron chi connectivity index (χ0n) is 9.19. The van der Waals surface area contributed by atoms with Crippen molar-refractivity contribution in [1.82, 2.24) is 10.2 Å². The second kappa shape index (κ2) is 7.00. The van der Waals surface area contributed by atoms with E-state index in [4.69, 9.17) is 5.11 Å². The van der Waals surface area contributed by atoms with E-state index in [1.165, 1.54) is 6.08 Å². The van der Waals surface area contributed by atoms with Crippen LogP contribution in [0.3, 0.4) is 0 Å². The Kier molecular flexibility index (Phi) is 6.37. The number of carboxylic acids is 1. The molecule has 0 aliphatic rings. The minimum absolute atomic E-state index is 0.0624. The van der Waals surface area contributed by atoms with Gasteiger partial charge in [0.1, 0.15) is 0 Å². The van der Waals surface area contributed by atoms with Crippen LogP contribution in [0.15, 0.2) is 12.7 Å². The maximum atomic E-state index is 10.8. The van der Waals surface area contributed by atoms with Gasteiger partial charge in [0, 0.05) is 12.6 Å². The topological polar surface area (TPSA) is 69.6 Å². The van der Waals surface area contributed by atoms with Crippen LogP contribution < -0.4 is 5.32 Å². The first-order valence-corrected chi connectivity index (χ1v) is 4.76. The lowest BCUT2D eigenvalue weighted by atomic mass is 10.1. The van der Waals surface area contributed by atoms with E-state index in [1.807, 2.05) is 19.0 Å². The fourth-order valence-electron chi connectivity index (χ4n) is 1.18. The number of carbonyl (C=O) groups is 2. The Balaban J connectivity index is 3.91. The van der Waals surface area contributed by atoms with Gasteiger partial charge in [-0.15, -0.1) is 0 Å². The molecule has 5 nitrogen and oxygen atoms in total. The van der Waals surface area contributed by atoms with E-state index in [9.17, 15) is 9.59 Å². The molecule has 0 aliphatic heterocycles. The molecule has 0 aromatic heterocycles. The lowest BCUT2D eigenvalue weighted by Crippen LogP contribution is -2.34. The lowest BCUT2D eigenvalue weighted by Gasteiger charge is -2.22. The van der Waals surface area contributed by atoms with Crippen molar-refractivity contribution >= 4 is 11.9 Å². The third-order valence-electron chi connectivity index (χ3n) is 2.10. The fourth-order valence-corrected chi connectivity index (χ4v) is 1.18. The summed E-state index contributed by atoms with van der Waals surface area (Å²) in [6, 6.07) is -0.0624. The summed E-state index contributed by atoms with van der Waals surface area (Å²) in [7, 11) is 3.64. The predicted octanol–water partition coefficient (Wildman–Crippen LogP) is 0.0836. The van der Waals surface area contributed by atoms with Gasteiger partial charge in [-0.25, -0.2) is 0 Å². The molecule has 0 heterocycles. The molecular weight excluding hydrogens is 196 g/mol. The van der Waals surface area contributed by atoms with Gasteiger partial charge in [0.25, 0.3) is 0 Å². The maximum Gasteiger partial charge on any atom is 0.304 e. The first kappa shape index (κ1) is 13.6. The van der Waals surface area contributed by atoms with Crippen molar-refractivity contribution in [3.63, 3.8) is 0 Å². The highest BCUT2D eigenvalue weighted by Gasteiger charge is 2.14.